The first-order chi connectivity index (χ1) is 5.61. The number of nitrogens with zero attached hydrogens (tertiary/aromatic N) is 2. The molecule has 12 heavy (non-hydrogen) atoms. The summed E-state index contributed by atoms with van der Waals surface area (Å²) in [6.07, 6.45) is 2.80. The molecule has 0 aliphatic carbocycles. The Labute approximate surface area is 79.0 Å². The Morgan fingerprint density at radius 1 is 1.25 bits per heavy atom. The molecule has 0 fully saturated rings. The van der Waals surface area contributed by atoms with Crippen LogP contribution in [0.15, 0.2) is 6.20 Å². The lowest BCUT2D eigenvalue weighted by molar-refractivity contribution is 1.05. The summed E-state index contributed by atoms with van der Waals surface area (Å²) in [7, 11) is 0. The summed E-state index contributed by atoms with van der Waals surface area (Å²) < 4.78 is 0. The van der Waals surface area contributed by atoms with Crippen LogP contribution in [0.2, 0.25) is 5.15 Å². The molecule has 2 nitrogen and oxygen atoms in total. The van der Waals surface area contributed by atoms with Crippen molar-refractivity contribution in [3.8, 4) is 0 Å². The average Bonchev–Trinajstić information content (AvgIpc) is 1.99. The Morgan fingerprint density at radius 3 is 2.08 bits per heavy atom. The van der Waals surface area contributed by atoms with Crippen molar-refractivity contribution in [1.29, 1.82) is 0 Å². The van der Waals surface area contributed by atoms with Crippen molar-refractivity contribution < 1.29 is 0 Å². The zero-order valence-corrected chi connectivity index (χ0v) is 8.81. The molecule has 0 saturated heterocycles. The second kappa shape index (κ2) is 5.95. The molecule has 3 heteroatoms. The van der Waals surface area contributed by atoms with Crippen molar-refractivity contribution in [1.82, 2.24) is 9.97 Å². The fraction of sp³-hybridized carbons (Fsp3) is 0.556. The highest BCUT2D eigenvalue weighted by molar-refractivity contribution is 6.29. The summed E-state index contributed by atoms with van der Waals surface area (Å²) in [4.78, 5) is 7.96. The lowest BCUT2D eigenvalue weighted by Gasteiger charge is -1.94. The fourth-order valence-corrected chi connectivity index (χ4v) is 0.689. The van der Waals surface area contributed by atoms with E-state index in [2.05, 4.69) is 23.8 Å². The third-order valence-electron chi connectivity index (χ3n) is 1.16. The number of rotatable bonds is 0. The van der Waals surface area contributed by atoms with E-state index >= 15 is 0 Å². The second-order valence-electron chi connectivity index (χ2n) is 2.57. The van der Waals surface area contributed by atoms with Crippen molar-refractivity contribution in [2.45, 2.75) is 34.1 Å². The van der Waals surface area contributed by atoms with Gasteiger partial charge in [0, 0.05) is 0 Å². The summed E-state index contributed by atoms with van der Waals surface area (Å²) in [6.45, 7) is 8.03. The standard InChI is InChI=1S/C6H7ClN2.C3H8/c1-4-5(2)9-6(7)3-8-4;1-3-2/h3H,1-2H3;3H2,1-2H3. The van der Waals surface area contributed by atoms with Crippen molar-refractivity contribution in [2.24, 2.45) is 0 Å². The summed E-state index contributed by atoms with van der Waals surface area (Å²) >= 11 is 5.54. The Kier molecular flexibility index (Phi) is 5.64. The highest BCUT2D eigenvalue weighted by Gasteiger charge is 1.93. The van der Waals surface area contributed by atoms with Crippen LogP contribution in [0.3, 0.4) is 0 Å². The Morgan fingerprint density at radius 2 is 1.75 bits per heavy atom. The summed E-state index contributed by atoms with van der Waals surface area (Å²) in [5, 5.41) is 0.457. The highest BCUT2D eigenvalue weighted by atomic mass is 35.5. The monoisotopic (exact) mass is 186 g/mol. The normalized spacial score (nSPS) is 8.75. The molecule has 0 spiro atoms. The molecular formula is C9H15ClN2. The van der Waals surface area contributed by atoms with Gasteiger partial charge in [-0.2, -0.15) is 0 Å². The van der Waals surface area contributed by atoms with Crippen LogP contribution < -0.4 is 0 Å². The van der Waals surface area contributed by atoms with Crippen LogP contribution in [0.25, 0.3) is 0 Å². The molecule has 0 bridgehead atoms. The van der Waals surface area contributed by atoms with Gasteiger partial charge in [0.15, 0.2) is 0 Å². The average molecular weight is 187 g/mol. The van der Waals surface area contributed by atoms with Gasteiger partial charge in [-0.1, -0.05) is 31.9 Å². The SMILES string of the molecule is CCC.Cc1ncc(Cl)nc1C. The number of aryl methyl sites for hydroxylation is 2. The molecule has 0 unspecified atom stereocenters. The maximum atomic E-state index is 5.54. The van der Waals surface area contributed by atoms with Crippen molar-refractivity contribution in [3.05, 3.63) is 22.7 Å². The fourth-order valence-electron chi connectivity index (χ4n) is 0.513. The van der Waals surface area contributed by atoms with Crippen LogP contribution in [-0.2, 0) is 0 Å². The molecule has 0 saturated carbocycles. The van der Waals surface area contributed by atoms with E-state index in [1.807, 2.05) is 13.8 Å². The van der Waals surface area contributed by atoms with Crippen molar-refractivity contribution >= 4 is 11.6 Å². The molecule has 0 atom stereocenters. The highest BCUT2D eigenvalue weighted by Crippen LogP contribution is 2.04. The van der Waals surface area contributed by atoms with Crippen LogP contribution in [0.1, 0.15) is 31.7 Å². The van der Waals surface area contributed by atoms with E-state index in [-0.39, 0.29) is 0 Å². The second-order valence-corrected chi connectivity index (χ2v) is 2.96. The molecule has 1 rings (SSSR count). The minimum Gasteiger partial charge on any atom is -0.256 e. The van der Waals surface area contributed by atoms with Crippen LogP contribution in [0.4, 0.5) is 0 Å². The Hall–Kier alpha value is -0.630. The third kappa shape index (κ3) is 4.29. The maximum absolute atomic E-state index is 5.54. The summed E-state index contributed by atoms with van der Waals surface area (Å²) in [6, 6.07) is 0. The largest absolute Gasteiger partial charge is 0.256 e. The van der Waals surface area contributed by atoms with Gasteiger partial charge in [-0.05, 0) is 13.8 Å². The molecule has 0 amide bonds. The molecule has 1 aromatic heterocycles. The van der Waals surface area contributed by atoms with Gasteiger partial charge in [-0.15, -0.1) is 0 Å². The Balaban J connectivity index is 0.000000354. The van der Waals surface area contributed by atoms with Gasteiger partial charge in [-0.25, -0.2) is 4.98 Å². The molecule has 0 N–H and O–H groups in total. The van der Waals surface area contributed by atoms with Crippen LogP contribution in [0.5, 0.6) is 0 Å². The molecule has 0 aromatic carbocycles. The van der Waals surface area contributed by atoms with Crippen LogP contribution in [-0.4, -0.2) is 9.97 Å². The zero-order valence-electron chi connectivity index (χ0n) is 8.06. The molecule has 0 aliphatic rings. The zero-order chi connectivity index (χ0) is 9.56. The van der Waals surface area contributed by atoms with E-state index < -0.39 is 0 Å². The van der Waals surface area contributed by atoms with Gasteiger partial charge in [0.2, 0.25) is 0 Å². The first-order valence-corrected chi connectivity index (χ1v) is 4.45. The molecular weight excluding hydrogens is 172 g/mol. The third-order valence-corrected chi connectivity index (χ3v) is 1.34. The van der Waals surface area contributed by atoms with Gasteiger partial charge in [0.05, 0.1) is 17.6 Å². The summed E-state index contributed by atoms with van der Waals surface area (Å²) in [5.41, 5.74) is 1.82. The minimum absolute atomic E-state index is 0.457. The van der Waals surface area contributed by atoms with Crippen LogP contribution in [0, 0.1) is 13.8 Å². The van der Waals surface area contributed by atoms with E-state index in [0.29, 0.717) is 5.15 Å². The lowest BCUT2D eigenvalue weighted by Crippen LogP contribution is -1.89. The van der Waals surface area contributed by atoms with Crippen molar-refractivity contribution in [2.75, 3.05) is 0 Å². The molecule has 68 valence electrons. The van der Waals surface area contributed by atoms with Gasteiger partial charge in [0.1, 0.15) is 5.15 Å². The minimum atomic E-state index is 0.457. The van der Waals surface area contributed by atoms with E-state index in [1.165, 1.54) is 6.42 Å². The predicted molar refractivity (Wildman–Crippen MR) is 52.5 cm³/mol. The number of hydrogen-bond donors (Lipinski definition) is 0. The maximum Gasteiger partial charge on any atom is 0.147 e. The van der Waals surface area contributed by atoms with Gasteiger partial charge >= 0.3 is 0 Å². The number of halogens is 1. The molecule has 0 aliphatic heterocycles. The predicted octanol–water partition coefficient (Wildman–Crippen LogP) is 3.16. The molecule has 1 heterocycles. The lowest BCUT2D eigenvalue weighted by atomic mass is 10.4. The van der Waals surface area contributed by atoms with E-state index in [0.717, 1.165) is 11.4 Å². The van der Waals surface area contributed by atoms with Gasteiger partial charge in [-0.3, -0.25) is 4.98 Å². The first-order valence-electron chi connectivity index (χ1n) is 4.07. The Bertz CT molecular complexity index is 236. The smallest absolute Gasteiger partial charge is 0.147 e. The van der Waals surface area contributed by atoms with Gasteiger partial charge < -0.3 is 0 Å². The first kappa shape index (κ1) is 11.4. The van der Waals surface area contributed by atoms with E-state index in [1.54, 1.807) is 6.20 Å². The number of hydrogen-bond acceptors (Lipinski definition) is 2. The number of aromatic nitrogens is 2. The quantitative estimate of drug-likeness (QED) is 0.622. The van der Waals surface area contributed by atoms with Crippen LogP contribution >= 0.6 is 11.6 Å². The topological polar surface area (TPSA) is 25.8 Å². The molecule has 1 aromatic rings. The molecule has 0 radical (unpaired) electrons. The van der Waals surface area contributed by atoms with Crippen molar-refractivity contribution in [3.63, 3.8) is 0 Å². The summed E-state index contributed by atoms with van der Waals surface area (Å²) in [5.74, 6) is 0. The van der Waals surface area contributed by atoms with Gasteiger partial charge in [0.25, 0.3) is 0 Å². The van der Waals surface area contributed by atoms with E-state index in [9.17, 15) is 0 Å². The van der Waals surface area contributed by atoms with E-state index in [4.69, 9.17) is 11.6 Å².